The Morgan fingerprint density at radius 3 is 2.53 bits per heavy atom. The molecule has 3 nitrogen and oxygen atoms in total. The molecule has 1 aromatic carbocycles. The van der Waals surface area contributed by atoms with E-state index in [2.05, 4.69) is 11.8 Å². The smallest absolute Gasteiger partial charge is 0.0820 e. The van der Waals surface area contributed by atoms with E-state index in [0.29, 0.717) is 6.54 Å². The van der Waals surface area contributed by atoms with Gasteiger partial charge in [0.25, 0.3) is 0 Å². The van der Waals surface area contributed by atoms with Gasteiger partial charge in [-0.25, -0.2) is 0 Å². The SMILES string of the molecule is CCCN(C)CC(O)C(N)Cc1ccccc1. The van der Waals surface area contributed by atoms with Gasteiger partial charge in [0.1, 0.15) is 0 Å². The monoisotopic (exact) mass is 236 g/mol. The van der Waals surface area contributed by atoms with E-state index in [9.17, 15) is 5.11 Å². The Morgan fingerprint density at radius 2 is 1.94 bits per heavy atom. The molecule has 0 saturated heterocycles. The molecule has 0 aliphatic heterocycles. The second-order valence-corrected chi connectivity index (χ2v) is 4.68. The summed E-state index contributed by atoms with van der Waals surface area (Å²) < 4.78 is 0. The molecule has 0 aliphatic carbocycles. The van der Waals surface area contributed by atoms with E-state index in [4.69, 9.17) is 5.73 Å². The molecule has 0 aromatic heterocycles. The number of aliphatic hydroxyl groups excluding tert-OH is 1. The van der Waals surface area contributed by atoms with Gasteiger partial charge in [-0.15, -0.1) is 0 Å². The molecular formula is C14H24N2O. The minimum atomic E-state index is -0.466. The van der Waals surface area contributed by atoms with Gasteiger partial charge in [0, 0.05) is 12.6 Å². The largest absolute Gasteiger partial charge is 0.390 e. The van der Waals surface area contributed by atoms with Gasteiger partial charge in [-0.3, -0.25) is 0 Å². The Morgan fingerprint density at radius 1 is 1.29 bits per heavy atom. The number of hydrogen-bond acceptors (Lipinski definition) is 3. The normalized spacial score (nSPS) is 14.9. The van der Waals surface area contributed by atoms with Crippen LogP contribution in [-0.4, -0.2) is 42.3 Å². The molecule has 0 fully saturated rings. The highest BCUT2D eigenvalue weighted by molar-refractivity contribution is 5.16. The van der Waals surface area contributed by atoms with Crippen molar-refractivity contribution in [2.75, 3.05) is 20.1 Å². The molecule has 96 valence electrons. The zero-order valence-electron chi connectivity index (χ0n) is 10.8. The molecule has 2 atom stereocenters. The zero-order valence-corrected chi connectivity index (χ0v) is 10.8. The summed E-state index contributed by atoms with van der Waals surface area (Å²) in [7, 11) is 2.02. The number of hydrogen-bond donors (Lipinski definition) is 2. The summed E-state index contributed by atoms with van der Waals surface area (Å²) in [6.45, 7) is 3.77. The van der Waals surface area contributed by atoms with E-state index in [1.165, 1.54) is 5.56 Å². The lowest BCUT2D eigenvalue weighted by Crippen LogP contribution is -2.43. The number of rotatable bonds is 7. The first kappa shape index (κ1) is 14.2. The maximum atomic E-state index is 10.0. The van der Waals surface area contributed by atoms with Crippen LogP contribution in [0.4, 0.5) is 0 Å². The lowest BCUT2D eigenvalue weighted by molar-refractivity contribution is 0.102. The fourth-order valence-electron chi connectivity index (χ4n) is 1.95. The predicted octanol–water partition coefficient (Wildman–Crippen LogP) is 1.26. The van der Waals surface area contributed by atoms with Gasteiger partial charge in [-0.2, -0.15) is 0 Å². The summed E-state index contributed by atoms with van der Waals surface area (Å²) >= 11 is 0. The lowest BCUT2D eigenvalue weighted by atomic mass is 10.0. The van der Waals surface area contributed by atoms with E-state index >= 15 is 0 Å². The molecule has 0 aliphatic rings. The van der Waals surface area contributed by atoms with Crippen molar-refractivity contribution >= 4 is 0 Å². The van der Waals surface area contributed by atoms with E-state index < -0.39 is 6.10 Å². The van der Waals surface area contributed by atoms with Crippen LogP contribution in [0.3, 0.4) is 0 Å². The maximum Gasteiger partial charge on any atom is 0.0820 e. The summed E-state index contributed by atoms with van der Waals surface area (Å²) in [5, 5.41) is 10.0. The van der Waals surface area contributed by atoms with Crippen LogP contribution >= 0.6 is 0 Å². The number of nitrogens with two attached hydrogens (primary N) is 1. The molecule has 17 heavy (non-hydrogen) atoms. The number of benzene rings is 1. The standard InChI is InChI=1S/C14H24N2O/c1-3-9-16(2)11-14(17)13(15)10-12-7-5-4-6-8-12/h4-8,13-14,17H,3,9-11,15H2,1-2H3. The number of nitrogens with zero attached hydrogens (tertiary/aromatic N) is 1. The molecule has 3 N–H and O–H groups in total. The van der Waals surface area contributed by atoms with E-state index in [-0.39, 0.29) is 6.04 Å². The van der Waals surface area contributed by atoms with Crippen molar-refractivity contribution < 1.29 is 5.11 Å². The van der Waals surface area contributed by atoms with Crippen LogP contribution in [0.2, 0.25) is 0 Å². The summed E-state index contributed by atoms with van der Waals surface area (Å²) in [6.07, 6.45) is 1.35. The molecule has 0 spiro atoms. The Kier molecular flexibility index (Phi) is 6.19. The quantitative estimate of drug-likeness (QED) is 0.749. The van der Waals surface area contributed by atoms with Crippen molar-refractivity contribution in [2.24, 2.45) is 5.73 Å². The summed E-state index contributed by atoms with van der Waals surface area (Å²) in [5.41, 5.74) is 7.19. The van der Waals surface area contributed by atoms with E-state index in [1.807, 2.05) is 37.4 Å². The third kappa shape index (κ3) is 5.31. The van der Waals surface area contributed by atoms with Gasteiger partial charge in [-0.1, -0.05) is 37.3 Å². The Bertz CT molecular complexity index is 302. The van der Waals surface area contributed by atoms with Crippen molar-refractivity contribution in [2.45, 2.75) is 31.9 Å². The first-order valence-corrected chi connectivity index (χ1v) is 6.29. The third-order valence-electron chi connectivity index (χ3n) is 2.91. The topological polar surface area (TPSA) is 49.5 Å². The van der Waals surface area contributed by atoms with Gasteiger partial charge in [-0.05, 0) is 32.0 Å². The van der Waals surface area contributed by atoms with Crippen LogP contribution < -0.4 is 5.73 Å². The minimum Gasteiger partial charge on any atom is -0.390 e. The van der Waals surface area contributed by atoms with Crippen molar-refractivity contribution in [3.05, 3.63) is 35.9 Å². The van der Waals surface area contributed by atoms with Crippen LogP contribution in [0.1, 0.15) is 18.9 Å². The molecule has 1 aromatic rings. The third-order valence-corrected chi connectivity index (χ3v) is 2.91. The van der Waals surface area contributed by atoms with Crippen molar-refractivity contribution in [1.29, 1.82) is 0 Å². The molecule has 0 bridgehead atoms. The first-order valence-electron chi connectivity index (χ1n) is 6.29. The Labute approximate surface area is 104 Å². The van der Waals surface area contributed by atoms with Crippen molar-refractivity contribution in [3.63, 3.8) is 0 Å². The van der Waals surface area contributed by atoms with Crippen LogP contribution in [0.5, 0.6) is 0 Å². The number of aliphatic hydroxyl groups is 1. The average Bonchev–Trinajstić information content (AvgIpc) is 2.30. The molecule has 0 radical (unpaired) electrons. The van der Waals surface area contributed by atoms with Crippen molar-refractivity contribution in [1.82, 2.24) is 4.90 Å². The molecule has 0 saturated carbocycles. The first-order chi connectivity index (χ1) is 8.13. The van der Waals surface area contributed by atoms with Gasteiger partial charge >= 0.3 is 0 Å². The summed E-state index contributed by atoms with van der Waals surface area (Å²) in [6, 6.07) is 9.87. The maximum absolute atomic E-state index is 10.0. The average molecular weight is 236 g/mol. The highest BCUT2D eigenvalue weighted by Gasteiger charge is 2.16. The Balaban J connectivity index is 2.39. The van der Waals surface area contributed by atoms with Crippen LogP contribution in [0.15, 0.2) is 30.3 Å². The minimum absolute atomic E-state index is 0.197. The highest BCUT2D eigenvalue weighted by atomic mass is 16.3. The fourth-order valence-corrected chi connectivity index (χ4v) is 1.95. The molecule has 2 unspecified atom stereocenters. The lowest BCUT2D eigenvalue weighted by Gasteiger charge is -2.24. The van der Waals surface area contributed by atoms with E-state index in [1.54, 1.807) is 0 Å². The van der Waals surface area contributed by atoms with E-state index in [0.717, 1.165) is 19.4 Å². The molecule has 1 rings (SSSR count). The zero-order chi connectivity index (χ0) is 12.7. The van der Waals surface area contributed by atoms with Crippen LogP contribution in [0.25, 0.3) is 0 Å². The van der Waals surface area contributed by atoms with Gasteiger partial charge in [0.2, 0.25) is 0 Å². The van der Waals surface area contributed by atoms with Crippen molar-refractivity contribution in [3.8, 4) is 0 Å². The van der Waals surface area contributed by atoms with Crippen LogP contribution in [-0.2, 0) is 6.42 Å². The summed E-state index contributed by atoms with van der Waals surface area (Å²) in [5.74, 6) is 0. The highest BCUT2D eigenvalue weighted by Crippen LogP contribution is 2.05. The molecule has 3 heteroatoms. The van der Waals surface area contributed by atoms with Gasteiger partial charge < -0.3 is 15.7 Å². The van der Waals surface area contributed by atoms with Gasteiger partial charge in [0.05, 0.1) is 6.10 Å². The Hall–Kier alpha value is -0.900. The predicted molar refractivity (Wildman–Crippen MR) is 71.9 cm³/mol. The second kappa shape index (κ2) is 7.43. The molecule has 0 heterocycles. The molecular weight excluding hydrogens is 212 g/mol. The molecule has 0 amide bonds. The van der Waals surface area contributed by atoms with Gasteiger partial charge in [0.15, 0.2) is 0 Å². The summed E-state index contributed by atoms with van der Waals surface area (Å²) in [4.78, 5) is 2.12. The fraction of sp³-hybridized carbons (Fsp3) is 0.571. The second-order valence-electron chi connectivity index (χ2n) is 4.68. The van der Waals surface area contributed by atoms with Crippen LogP contribution in [0, 0.1) is 0 Å². The number of likely N-dealkylation sites (N-methyl/N-ethyl adjacent to an activating group) is 1.